The fourth-order valence-corrected chi connectivity index (χ4v) is 1.69. The first-order valence-corrected chi connectivity index (χ1v) is 5.93. The minimum absolute atomic E-state index is 0.727. The molecule has 0 radical (unpaired) electrons. The molecule has 92 valence electrons. The van der Waals surface area contributed by atoms with E-state index in [1.807, 2.05) is 13.1 Å². The van der Waals surface area contributed by atoms with Gasteiger partial charge in [-0.15, -0.1) is 0 Å². The lowest BCUT2D eigenvalue weighted by Crippen LogP contribution is -2.23. The van der Waals surface area contributed by atoms with Crippen molar-refractivity contribution < 1.29 is 4.52 Å². The maximum atomic E-state index is 5.27. The predicted octanol–water partition coefficient (Wildman–Crippen LogP) is 1.87. The Bertz CT molecular complexity index is 298. The van der Waals surface area contributed by atoms with Crippen LogP contribution in [0.25, 0.3) is 0 Å². The van der Waals surface area contributed by atoms with Gasteiger partial charge in [-0.1, -0.05) is 25.4 Å². The van der Waals surface area contributed by atoms with Gasteiger partial charge in [-0.3, -0.25) is 4.90 Å². The van der Waals surface area contributed by atoms with Gasteiger partial charge in [0.1, 0.15) is 0 Å². The molecule has 0 saturated heterocycles. The first-order chi connectivity index (χ1) is 7.65. The van der Waals surface area contributed by atoms with E-state index in [2.05, 4.69) is 36.3 Å². The average molecular weight is 225 g/mol. The van der Waals surface area contributed by atoms with Crippen molar-refractivity contribution >= 4 is 0 Å². The highest BCUT2D eigenvalue weighted by atomic mass is 16.5. The summed E-state index contributed by atoms with van der Waals surface area (Å²) in [6.07, 6.45) is 1.21. The lowest BCUT2D eigenvalue weighted by molar-refractivity contribution is 0.241. The van der Waals surface area contributed by atoms with Crippen molar-refractivity contribution in [2.75, 3.05) is 20.6 Å². The third kappa shape index (κ3) is 4.33. The molecular formula is C12H23N3O. The summed E-state index contributed by atoms with van der Waals surface area (Å²) >= 11 is 0. The van der Waals surface area contributed by atoms with Crippen LogP contribution in [0.15, 0.2) is 10.6 Å². The van der Waals surface area contributed by atoms with Crippen molar-refractivity contribution in [1.29, 1.82) is 0 Å². The topological polar surface area (TPSA) is 41.3 Å². The van der Waals surface area contributed by atoms with Crippen molar-refractivity contribution in [1.82, 2.24) is 15.4 Å². The molecule has 1 unspecified atom stereocenters. The van der Waals surface area contributed by atoms with Crippen LogP contribution in [0.1, 0.15) is 31.7 Å². The standard InChI is InChI=1S/C12H23N3O/c1-5-10(2)8-15(4)9-12-6-11(7-13-3)14-16-12/h6,10,13H,5,7-9H2,1-4H3. The van der Waals surface area contributed by atoms with E-state index in [0.717, 1.165) is 37.0 Å². The SMILES string of the molecule is CCC(C)CN(C)Cc1cc(CNC)no1. The molecule has 0 amide bonds. The molecule has 0 bridgehead atoms. The van der Waals surface area contributed by atoms with Gasteiger partial charge in [0.25, 0.3) is 0 Å². The highest BCUT2D eigenvalue weighted by Crippen LogP contribution is 2.09. The van der Waals surface area contributed by atoms with Gasteiger partial charge in [0.05, 0.1) is 12.2 Å². The van der Waals surface area contributed by atoms with Crippen molar-refractivity contribution in [2.45, 2.75) is 33.4 Å². The summed E-state index contributed by atoms with van der Waals surface area (Å²) in [6, 6.07) is 2.02. The van der Waals surface area contributed by atoms with Crippen molar-refractivity contribution in [3.05, 3.63) is 17.5 Å². The molecule has 1 N–H and O–H groups in total. The Balaban J connectivity index is 2.40. The molecule has 1 atom stereocenters. The fourth-order valence-electron chi connectivity index (χ4n) is 1.69. The van der Waals surface area contributed by atoms with Gasteiger partial charge in [0, 0.05) is 19.2 Å². The number of nitrogens with one attached hydrogen (secondary N) is 1. The number of aromatic nitrogens is 1. The van der Waals surface area contributed by atoms with Crippen LogP contribution in [-0.4, -0.2) is 30.7 Å². The van der Waals surface area contributed by atoms with Gasteiger partial charge in [0.2, 0.25) is 0 Å². The van der Waals surface area contributed by atoms with Crippen molar-refractivity contribution in [3.63, 3.8) is 0 Å². The highest BCUT2D eigenvalue weighted by Gasteiger charge is 2.09. The number of hydrogen-bond donors (Lipinski definition) is 1. The molecule has 4 nitrogen and oxygen atoms in total. The molecule has 16 heavy (non-hydrogen) atoms. The van der Waals surface area contributed by atoms with E-state index < -0.39 is 0 Å². The molecule has 0 aliphatic heterocycles. The fraction of sp³-hybridized carbons (Fsp3) is 0.750. The van der Waals surface area contributed by atoms with Gasteiger partial charge >= 0.3 is 0 Å². The van der Waals surface area contributed by atoms with Crippen LogP contribution in [0.5, 0.6) is 0 Å². The molecule has 0 aliphatic carbocycles. The van der Waals surface area contributed by atoms with Crippen LogP contribution < -0.4 is 5.32 Å². The van der Waals surface area contributed by atoms with Crippen LogP contribution in [0.2, 0.25) is 0 Å². The molecule has 0 aliphatic rings. The Kier molecular flexibility index (Phi) is 5.49. The summed E-state index contributed by atoms with van der Waals surface area (Å²) in [5.41, 5.74) is 0.967. The summed E-state index contributed by atoms with van der Waals surface area (Å²) in [5.74, 6) is 1.67. The second-order valence-corrected chi connectivity index (χ2v) is 4.53. The second kappa shape index (κ2) is 6.66. The van der Waals surface area contributed by atoms with E-state index in [1.165, 1.54) is 6.42 Å². The lowest BCUT2D eigenvalue weighted by Gasteiger charge is -2.18. The van der Waals surface area contributed by atoms with Gasteiger partial charge in [-0.2, -0.15) is 0 Å². The Morgan fingerprint density at radius 2 is 2.31 bits per heavy atom. The number of rotatable bonds is 7. The largest absolute Gasteiger partial charge is 0.360 e. The predicted molar refractivity (Wildman–Crippen MR) is 65.1 cm³/mol. The molecule has 0 aromatic carbocycles. The van der Waals surface area contributed by atoms with Gasteiger partial charge in [0.15, 0.2) is 5.76 Å². The molecule has 4 heteroatoms. The normalized spacial score (nSPS) is 13.3. The van der Waals surface area contributed by atoms with Crippen LogP contribution in [-0.2, 0) is 13.1 Å². The Morgan fingerprint density at radius 3 is 2.94 bits per heavy atom. The number of nitrogens with zero attached hydrogens (tertiary/aromatic N) is 2. The maximum absolute atomic E-state index is 5.27. The van der Waals surface area contributed by atoms with E-state index in [4.69, 9.17) is 4.52 Å². The van der Waals surface area contributed by atoms with E-state index in [-0.39, 0.29) is 0 Å². The van der Waals surface area contributed by atoms with Gasteiger partial charge in [-0.25, -0.2) is 0 Å². The Labute approximate surface area is 98.0 Å². The first kappa shape index (κ1) is 13.2. The van der Waals surface area contributed by atoms with Crippen LogP contribution in [0.4, 0.5) is 0 Å². The van der Waals surface area contributed by atoms with Crippen molar-refractivity contribution in [3.8, 4) is 0 Å². The molecular weight excluding hydrogens is 202 g/mol. The Hall–Kier alpha value is -0.870. The smallest absolute Gasteiger partial charge is 0.151 e. The summed E-state index contributed by atoms with van der Waals surface area (Å²) in [6.45, 7) is 7.18. The summed E-state index contributed by atoms with van der Waals surface area (Å²) in [7, 11) is 4.02. The summed E-state index contributed by atoms with van der Waals surface area (Å²) in [5, 5.41) is 7.05. The van der Waals surface area contributed by atoms with E-state index >= 15 is 0 Å². The zero-order valence-electron chi connectivity index (χ0n) is 10.8. The van der Waals surface area contributed by atoms with E-state index in [9.17, 15) is 0 Å². The third-order valence-electron chi connectivity index (χ3n) is 2.71. The van der Waals surface area contributed by atoms with E-state index in [1.54, 1.807) is 0 Å². The Morgan fingerprint density at radius 1 is 1.56 bits per heavy atom. The van der Waals surface area contributed by atoms with Gasteiger partial charge < -0.3 is 9.84 Å². The molecule has 0 fully saturated rings. The van der Waals surface area contributed by atoms with Crippen LogP contribution in [0.3, 0.4) is 0 Å². The quantitative estimate of drug-likeness (QED) is 0.769. The molecule has 1 aromatic rings. The molecule has 1 rings (SSSR count). The maximum Gasteiger partial charge on any atom is 0.151 e. The number of hydrogen-bond acceptors (Lipinski definition) is 4. The average Bonchev–Trinajstić information content (AvgIpc) is 2.65. The van der Waals surface area contributed by atoms with Crippen LogP contribution in [0, 0.1) is 5.92 Å². The third-order valence-corrected chi connectivity index (χ3v) is 2.71. The first-order valence-electron chi connectivity index (χ1n) is 5.93. The zero-order chi connectivity index (χ0) is 12.0. The molecule has 0 spiro atoms. The minimum atomic E-state index is 0.727. The summed E-state index contributed by atoms with van der Waals surface area (Å²) < 4.78 is 5.27. The monoisotopic (exact) mass is 225 g/mol. The van der Waals surface area contributed by atoms with E-state index in [0.29, 0.717) is 0 Å². The lowest BCUT2D eigenvalue weighted by atomic mass is 10.1. The highest BCUT2D eigenvalue weighted by molar-refractivity contribution is 5.04. The van der Waals surface area contributed by atoms with Crippen LogP contribution >= 0.6 is 0 Å². The van der Waals surface area contributed by atoms with Crippen molar-refractivity contribution in [2.24, 2.45) is 5.92 Å². The van der Waals surface area contributed by atoms with Gasteiger partial charge in [-0.05, 0) is 20.0 Å². The molecule has 1 aromatic heterocycles. The molecule has 0 saturated carbocycles. The minimum Gasteiger partial charge on any atom is -0.360 e. The second-order valence-electron chi connectivity index (χ2n) is 4.53. The molecule has 1 heterocycles. The summed E-state index contributed by atoms with van der Waals surface area (Å²) in [4.78, 5) is 2.28. The zero-order valence-corrected chi connectivity index (χ0v) is 10.8.